The first-order valence-electron chi connectivity index (χ1n) is 4.90. The molecule has 0 atom stereocenters. The van der Waals surface area contributed by atoms with E-state index in [4.69, 9.17) is 27.9 Å². The molecule has 0 fully saturated rings. The molecule has 0 amide bonds. The quantitative estimate of drug-likeness (QED) is 0.628. The van der Waals surface area contributed by atoms with E-state index in [0.29, 0.717) is 0 Å². The van der Waals surface area contributed by atoms with Crippen LogP contribution in [0.25, 0.3) is 0 Å². The Morgan fingerprint density at radius 2 is 2.00 bits per heavy atom. The third-order valence-corrected chi connectivity index (χ3v) is 2.54. The average Bonchev–Trinajstić information content (AvgIpc) is 2.34. The molecule has 5 nitrogen and oxygen atoms in total. The summed E-state index contributed by atoms with van der Waals surface area (Å²) in [4.78, 5) is 13.8. The van der Waals surface area contributed by atoms with Crippen LogP contribution in [0.15, 0.2) is 30.5 Å². The van der Waals surface area contributed by atoms with Crippen LogP contribution in [0.2, 0.25) is 10.0 Å². The van der Waals surface area contributed by atoms with Crippen molar-refractivity contribution < 1.29 is 14.1 Å². The molecular weight excluding hydrogens is 298 g/mol. The normalized spacial score (nSPS) is 10.3. The first-order valence-corrected chi connectivity index (χ1v) is 5.66. The Morgan fingerprint density at radius 1 is 1.26 bits per heavy atom. The van der Waals surface area contributed by atoms with Crippen LogP contribution in [-0.2, 0) is 0 Å². The van der Waals surface area contributed by atoms with Crippen molar-refractivity contribution in [1.82, 2.24) is 4.98 Å². The van der Waals surface area contributed by atoms with Gasteiger partial charge in [-0.1, -0.05) is 23.2 Å². The van der Waals surface area contributed by atoms with Crippen molar-refractivity contribution >= 4 is 28.9 Å². The van der Waals surface area contributed by atoms with Gasteiger partial charge in [0.15, 0.2) is 5.82 Å². The van der Waals surface area contributed by atoms with Gasteiger partial charge in [0.25, 0.3) is 5.88 Å². The second kappa shape index (κ2) is 5.38. The van der Waals surface area contributed by atoms with E-state index in [1.165, 1.54) is 18.3 Å². The highest BCUT2D eigenvalue weighted by Crippen LogP contribution is 2.33. The summed E-state index contributed by atoms with van der Waals surface area (Å²) in [6.07, 6.45) is 1.17. The Kier molecular flexibility index (Phi) is 3.82. The van der Waals surface area contributed by atoms with E-state index in [9.17, 15) is 14.5 Å². The van der Waals surface area contributed by atoms with Crippen LogP contribution < -0.4 is 4.74 Å². The van der Waals surface area contributed by atoms with Crippen LogP contribution >= 0.6 is 23.2 Å². The summed E-state index contributed by atoms with van der Waals surface area (Å²) in [6.45, 7) is 0. The van der Waals surface area contributed by atoms with Gasteiger partial charge in [-0.15, -0.1) is 0 Å². The fourth-order valence-electron chi connectivity index (χ4n) is 1.30. The molecule has 2 aromatic rings. The maximum atomic E-state index is 13.5. The number of benzene rings is 1. The minimum atomic E-state index is -0.822. The Hall–Kier alpha value is -1.92. The summed E-state index contributed by atoms with van der Waals surface area (Å²) in [5.74, 6) is -1.39. The van der Waals surface area contributed by atoms with E-state index in [1.807, 2.05) is 0 Å². The molecule has 2 rings (SSSR count). The van der Waals surface area contributed by atoms with Gasteiger partial charge < -0.3 is 4.74 Å². The zero-order valence-electron chi connectivity index (χ0n) is 9.14. The molecule has 1 aromatic carbocycles. The average molecular weight is 303 g/mol. The largest absolute Gasteiger partial charge is 0.429 e. The predicted octanol–water partition coefficient (Wildman–Crippen LogP) is 4.23. The summed E-state index contributed by atoms with van der Waals surface area (Å²) in [6, 6.07) is 4.74. The van der Waals surface area contributed by atoms with E-state index < -0.39 is 16.6 Å². The molecule has 0 radical (unpaired) electrons. The highest BCUT2D eigenvalue weighted by Gasteiger charge is 2.18. The van der Waals surface area contributed by atoms with Gasteiger partial charge in [-0.05, 0) is 18.2 Å². The van der Waals surface area contributed by atoms with Gasteiger partial charge in [0.05, 0.1) is 9.95 Å². The molecule has 1 aromatic heterocycles. The van der Waals surface area contributed by atoms with Crippen molar-refractivity contribution in [2.45, 2.75) is 0 Å². The molecule has 0 bridgehead atoms. The molecule has 0 saturated heterocycles. The number of hydrogen-bond acceptors (Lipinski definition) is 4. The van der Waals surface area contributed by atoms with E-state index in [0.717, 1.165) is 12.1 Å². The lowest BCUT2D eigenvalue weighted by Crippen LogP contribution is -1.96. The first-order chi connectivity index (χ1) is 8.97. The molecule has 19 heavy (non-hydrogen) atoms. The molecule has 0 aliphatic rings. The van der Waals surface area contributed by atoms with Gasteiger partial charge in [-0.3, -0.25) is 10.1 Å². The summed E-state index contributed by atoms with van der Waals surface area (Å²) < 4.78 is 18.5. The van der Waals surface area contributed by atoms with E-state index >= 15 is 0 Å². The first kappa shape index (κ1) is 13.5. The van der Waals surface area contributed by atoms with Crippen LogP contribution in [0, 0.1) is 15.9 Å². The number of nitrogens with zero attached hydrogens (tertiary/aromatic N) is 2. The third-order valence-electron chi connectivity index (χ3n) is 2.10. The van der Waals surface area contributed by atoms with Crippen molar-refractivity contribution in [3.8, 4) is 11.6 Å². The third kappa shape index (κ3) is 3.10. The van der Waals surface area contributed by atoms with Gasteiger partial charge >= 0.3 is 5.69 Å². The number of pyridine rings is 1. The summed E-state index contributed by atoms with van der Waals surface area (Å²) >= 11 is 11.2. The molecule has 0 spiro atoms. The molecule has 0 saturated carbocycles. The molecule has 1 heterocycles. The van der Waals surface area contributed by atoms with Gasteiger partial charge in [0.1, 0.15) is 0 Å². The summed E-state index contributed by atoms with van der Waals surface area (Å²) in [5.41, 5.74) is -0.386. The minimum absolute atomic E-state index is 0.0930. The zero-order chi connectivity index (χ0) is 14.0. The Morgan fingerprint density at radius 3 is 2.63 bits per heavy atom. The van der Waals surface area contributed by atoms with Gasteiger partial charge in [-0.25, -0.2) is 9.37 Å². The predicted molar refractivity (Wildman–Crippen MR) is 67.4 cm³/mol. The molecule has 0 aliphatic carbocycles. The van der Waals surface area contributed by atoms with E-state index in [-0.39, 0.29) is 21.5 Å². The Bertz CT molecular complexity index is 652. The lowest BCUT2D eigenvalue weighted by Gasteiger charge is -2.06. The molecule has 0 unspecified atom stereocenters. The lowest BCUT2D eigenvalue weighted by molar-refractivity contribution is -0.385. The number of ether oxygens (including phenoxy) is 1. The molecule has 0 aliphatic heterocycles. The molecular formula is C11H5Cl2FN2O3. The fourth-order valence-corrected chi connectivity index (χ4v) is 1.61. The number of hydrogen-bond donors (Lipinski definition) is 0. The fraction of sp³-hybridized carbons (Fsp3) is 0. The number of nitro groups is 1. The maximum absolute atomic E-state index is 13.5. The molecule has 0 N–H and O–H groups in total. The number of aromatic nitrogens is 1. The van der Waals surface area contributed by atoms with Crippen molar-refractivity contribution in [3.05, 3.63) is 56.4 Å². The monoisotopic (exact) mass is 302 g/mol. The highest BCUT2D eigenvalue weighted by atomic mass is 35.5. The second-order valence-electron chi connectivity index (χ2n) is 3.41. The van der Waals surface area contributed by atoms with Crippen LogP contribution in [0.4, 0.5) is 10.1 Å². The van der Waals surface area contributed by atoms with Gasteiger partial charge in [0, 0.05) is 17.3 Å². The minimum Gasteiger partial charge on any atom is -0.429 e. The standard InChI is InChI=1S/C11H5Cl2FN2O3/c12-6-1-2-10(9(4-6)16(17)18)19-11-8(14)3-7(13)5-15-11/h1-5H. The van der Waals surface area contributed by atoms with Gasteiger partial charge in [-0.2, -0.15) is 0 Å². The molecule has 8 heteroatoms. The summed E-state index contributed by atoms with van der Waals surface area (Å²) in [7, 11) is 0. The number of nitro benzene ring substituents is 1. The van der Waals surface area contributed by atoms with Crippen LogP contribution in [-0.4, -0.2) is 9.91 Å². The zero-order valence-corrected chi connectivity index (χ0v) is 10.7. The lowest BCUT2D eigenvalue weighted by atomic mass is 10.3. The van der Waals surface area contributed by atoms with Crippen molar-refractivity contribution in [3.63, 3.8) is 0 Å². The van der Waals surface area contributed by atoms with Crippen molar-refractivity contribution in [2.75, 3.05) is 0 Å². The van der Waals surface area contributed by atoms with Crippen LogP contribution in [0.3, 0.4) is 0 Å². The van der Waals surface area contributed by atoms with Gasteiger partial charge in [0.2, 0.25) is 5.75 Å². The smallest absolute Gasteiger partial charge is 0.313 e. The van der Waals surface area contributed by atoms with Crippen LogP contribution in [0.1, 0.15) is 0 Å². The Balaban J connectivity index is 2.40. The SMILES string of the molecule is O=[N+]([O-])c1cc(Cl)ccc1Oc1ncc(Cl)cc1F. The topological polar surface area (TPSA) is 65.3 Å². The van der Waals surface area contributed by atoms with E-state index in [1.54, 1.807) is 0 Å². The number of rotatable bonds is 3. The molecule has 98 valence electrons. The second-order valence-corrected chi connectivity index (χ2v) is 4.28. The Labute approximate surface area is 116 Å². The summed E-state index contributed by atoms with van der Waals surface area (Å²) in [5, 5.41) is 11.1. The highest BCUT2D eigenvalue weighted by molar-refractivity contribution is 6.31. The van der Waals surface area contributed by atoms with Crippen molar-refractivity contribution in [2.24, 2.45) is 0 Å². The maximum Gasteiger partial charge on any atom is 0.313 e. The van der Waals surface area contributed by atoms with E-state index in [2.05, 4.69) is 4.98 Å². The number of halogens is 3. The van der Waals surface area contributed by atoms with Crippen molar-refractivity contribution in [1.29, 1.82) is 0 Å². The van der Waals surface area contributed by atoms with Crippen LogP contribution in [0.5, 0.6) is 11.6 Å².